The van der Waals surface area contributed by atoms with Gasteiger partial charge in [-0.25, -0.2) is 4.39 Å². The van der Waals surface area contributed by atoms with E-state index >= 15 is 0 Å². The fourth-order valence-corrected chi connectivity index (χ4v) is 2.07. The Hall–Kier alpha value is -2.03. The monoisotopic (exact) mass is 258 g/mol. The predicted molar refractivity (Wildman–Crippen MR) is 78.8 cm³/mol. The van der Waals surface area contributed by atoms with Crippen molar-refractivity contribution in [1.29, 1.82) is 0 Å². The molecule has 0 saturated heterocycles. The molecule has 0 aliphatic heterocycles. The molecule has 19 heavy (non-hydrogen) atoms. The van der Waals surface area contributed by atoms with Gasteiger partial charge in [0.1, 0.15) is 5.82 Å². The third-order valence-electron chi connectivity index (χ3n) is 3.22. The molecule has 0 aliphatic carbocycles. The smallest absolute Gasteiger partial charge is 0.123 e. The van der Waals surface area contributed by atoms with Crippen molar-refractivity contribution in [3.05, 3.63) is 59.9 Å². The van der Waals surface area contributed by atoms with Gasteiger partial charge in [0.25, 0.3) is 0 Å². The molecule has 0 saturated carbocycles. The standard InChI is InChI=1S/C16H19FN2/c1-2-19(16-9-5-14(17)6-10-16)12-11-13-3-7-15(18)8-4-13/h3-10H,2,11-12,18H2,1H3. The quantitative estimate of drug-likeness (QED) is 0.832. The topological polar surface area (TPSA) is 29.3 Å². The van der Waals surface area contributed by atoms with Crippen LogP contribution >= 0.6 is 0 Å². The van der Waals surface area contributed by atoms with E-state index in [1.165, 1.54) is 17.7 Å². The Bertz CT molecular complexity index is 505. The van der Waals surface area contributed by atoms with Crippen molar-refractivity contribution >= 4 is 11.4 Å². The molecular weight excluding hydrogens is 239 g/mol. The fraction of sp³-hybridized carbons (Fsp3) is 0.250. The zero-order valence-electron chi connectivity index (χ0n) is 11.1. The molecule has 2 rings (SSSR count). The number of hydrogen-bond acceptors (Lipinski definition) is 2. The lowest BCUT2D eigenvalue weighted by atomic mass is 10.1. The molecule has 0 fully saturated rings. The molecule has 2 aromatic rings. The van der Waals surface area contributed by atoms with E-state index in [-0.39, 0.29) is 5.82 Å². The van der Waals surface area contributed by atoms with Crippen LogP contribution in [0, 0.1) is 5.82 Å². The average molecular weight is 258 g/mol. The van der Waals surface area contributed by atoms with Crippen LogP contribution in [0.3, 0.4) is 0 Å². The van der Waals surface area contributed by atoms with Crippen molar-refractivity contribution in [2.75, 3.05) is 23.7 Å². The van der Waals surface area contributed by atoms with Crippen molar-refractivity contribution < 1.29 is 4.39 Å². The number of benzene rings is 2. The molecule has 2 N–H and O–H groups in total. The van der Waals surface area contributed by atoms with Gasteiger partial charge in [0.2, 0.25) is 0 Å². The Labute approximate surface area is 113 Å². The first kappa shape index (κ1) is 13.4. The van der Waals surface area contributed by atoms with Gasteiger partial charge in [-0.15, -0.1) is 0 Å². The lowest BCUT2D eigenvalue weighted by Gasteiger charge is -2.23. The van der Waals surface area contributed by atoms with Crippen molar-refractivity contribution in [2.45, 2.75) is 13.3 Å². The predicted octanol–water partition coefficient (Wildman–Crippen LogP) is 3.48. The van der Waals surface area contributed by atoms with Crippen LogP contribution in [0.4, 0.5) is 15.8 Å². The molecule has 0 bridgehead atoms. The number of nitrogens with zero attached hydrogens (tertiary/aromatic N) is 1. The summed E-state index contributed by atoms with van der Waals surface area (Å²) < 4.78 is 12.9. The summed E-state index contributed by atoms with van der Waals surface area (Å²) >= 11 is 0. The first-order valence-corrected chi connectivity index (χ1v) is 6.54. The maximum atomic E-state index is 12.9. The minimum Gasteiger partial charge on any atom is -0.399 e. The van der Waals surface area contributed by atoms with Gasteiger partial charge in [0, 0.05) is 24.5 Å². The van der Waals surface area contributed by atoms with E-state index in [9.17, 15) is 4.39 Å². The summed E-state index contributed by atoms with van der Waals surface area (Å²) in [6.45, 7) is 3.92. The van der Waals surface area contributed by atoms with Crippen LogP contribution in [-0.2, 0) is 6.42 Å². The molecule has 100 valence electrons. The molecule has 0 unspecified atom stereocenters. The van der Waals surface area contributed by atoms with E-state index in [2.05, 4.69) is 11.8 Å². The highest BCUT2D eigenvalue weighted by Gasteiger charge is 2.04. The van der Waals surface area contributed by atoms with E-state index in [1.807, 2.05) is 36.4 Å². The second-order valence-corrected chi connectivity index (χ2v) is 4.55. The van der Waals surface area contributed by atoms with Gasteiger partial charge in [-0.3, -0.25) is 0 Å². The van der Waals surface area contributed by atoms with Crippen molar-refractivity contribution in [2.24, 2.45) is 0 Å². The van der Waals surface area contributed by atoms with E-state index in [0.29, 0.717) is 0 Å². The summed E-state index contributed by atoms with van der Waals surface area (Å²) in [7, 11) is 0. The molecular formula is C16H19FN2. The third-order valence-corrected chi connectivity index (χ3v) is 3.22. The summed E-state index contributed by atoms with van der Waals surface area (Å²) in [4.78, 5) is 2.23. The van der Waals surface area contributed by atoms with Crippen molar-refractivity contribution in [3.8, 4) is 0 Å². The Kier molecular flexibility index (Phi) is 4.39. The van der Waals surface area contributed by atoms with Crippen LogP contribution in [-0.4, -0.2) is 13.1 Å². The highest BCUT2D eigenvalue weighted by Crippen LogP contribution is 2.15. The minimum absolute atomic E-state index is 0.196. The summed E-state index contributed by atoms with van der Waals surface area (Å²) in [6, 6.07) is 14.6. The maximum Gasteiger partial charge on any atom is 0.123 e. The van der Waals surface area contributed by atoms with Crippen molar-refractivity contribution in [3.63, 3.8) is 0 Å². The highest BCUT2D eigenvalue weighted by atomic mass is 19.1. The number of likely N-dealkylation sites (N-methyl/N-ethyl adjacent to an activating group) is 1. The first-order chi connectivity index (χ1) is 9.19. The highest BCUT2D eigenvalue weighted by molar-refractivity contribution is 5.46. The molecule has 0 heterocycles. The Morgan fingerprint density at radius 3 is 2.21 bits per heavy atom. The van der Waals surface area contributed by atoms with Gasteiger partial charge in [-0.05, 0) is 55.3 Å². The number of nitrogens with two attached hydrogens (primary N) is 1. The number of rotatable bonds is 5. The summed E-state index contributed by atoms with van der Waals surface area (Å²) in [6.07, 6.45) is 0.950. The van der Waals surface area contributed by atoms with Gasteiger partial charge in [0.15, 0.2) is 0 Å². The van der Waals surface area contributed by atoms with Gasteiger partial charge in [0.05, 0.1) is 0 Å². The second kappa shape index (κ2) is 6.23. The number of anilines is 2. The van der Waals surface area contributed by atoms with Crippen LogP contribution in [0.5, 0.6) is 0 Å². The zero-order chi connectivity index (χ0) is 13.7. The van der Waals surface area contributed by atoms with Gasteiger partial charge < -0.3 is 10.6 Å². The van der Waals surface area contributed by atoms with Crippen LogP contribution in [0.2, 0.25) is 0 Å². The summed E-state index contributed by atoms with van der Waals surface area (Å²) in [5.74, 6) is -0.196. The maximum absolute atomic E-state index is 12.9. The van der Waals surface area contributed by atoms with E-state index in [1.54, 1.807) is 0 Å². The normalized spacial score (nSPS) is 10.4. The summed E-state index contributed by atoms with van der Waals surface area (Å²) in [5.41, 5.74) is 8.77. The van der Waals surface area contributed by atoms with Crippen molar-refractivity contribution in [1.82, 2.24) is 0 Å². The molecule has 2 aromatic carbocycles. The van der Waals surface area contributed by atoms with Crippen LogP contribution in [0.25, 0.3) is 0 Å². The van der Waals surface area contributed by atoms with Crippen LogP contribution < -0.4 is 10.6 Å². The second-order valence-electron chi connectivity index (χ2n) is 4.55. The van der Waals surface area contributed by atoms with Crippen LogP contribution in [0.15, 0.2) is 48.5 Å². The number of hydrogen-bond donors (Lipinski definition) is 1. The average Bonchev–Trinajstić information content (AvgIpc) is 2.43. The third kappa shape index (κ3) is 3.71. The van der Waals surface area contributed by atoms with Gasteiger partial charge >= 0.3 is 0 Å². The molecule has 0 aromatic heterocycles. The molecule has 0 spiro atoms. The Morgan fingerprint density at radius 1 is 1.00 bits per heavy atom. The number of nitrogen functional groups attached to an aromatic ring is 1. The Morgan fingerprint density at radius 2 is 1.63 bits per heavy atom. The molecule has 3 heteroatoms. The SMILES string of the molecule is CCN(CCc1ccc(N)cc1)c1ccc(F)cc1. The summed E-state index contributed by atoms with van der Waals surface area (Å²) in [5, 5.41) is 0. The molecule has 2 nitrogen and oxygen atoms in total. The minimum atomic E-state index is -0.196. The number of halogens is 1. The van der Waals surface area contributed by atoms with Gasteiger partial charge in [-0.1, -0.05) is 12.1 Å². The van der Waals surface area contributed by atoms with Gasteiger partial charge in [-0.2, -0.15) is 0 Å². The molecule has 0 radical (unpaired) electrons. The lowest BCUT2D eigenvalue weighted by molar-refractivity contribution is 0.627. The van der Waals surface area contributed by atoms with Crippen LogP contribution in [0.1, 0.15) is 12.5 Å². The molecule has 0 aliphatic rings. The molecule has 0 amide bonds. The fourth-order valence-electron chi connectivity index (χ4n) is 2.07. The first-order valence-electron chi connectivity index (χ1n) is 6.54. The van der Waals surface area contributed by atoms with E-state index in [0.717, 1.165) is 30.9 Å². The Balaban J connectivity index is 1.99. The van der Waals surface area contributed by atoms with E-state index in [4.69, 9.17) is 5.73 Å². The molecule has 0 atom stereocenters. The van der Waals surface area contributed by atoms with E-state index < -0.39 is 0 Å². The largest absolute Gasteiger partial charge is 0.399 e. The zero-order valence-corrected chi connectivity index (χ0v) is 11.1. The lowest BCUT2D eigenvalue weighted by Crippen LogP contribution is -2.25.